The Morgan fingerprint density at radius 1 is 1.15 bits per heavy atom. The van der Waals surface area contributed by atoms with Gasteiger partial charge in [0.15, 0.2) is 0 Å². The highest BCUT2D eigenvalue weighted by Gasteiger charge is 2.29. The van der Waals surface area contributed by atoms with Gasteiger partial charge >= 0.3 is 0 Å². The molecular formula is C19H19N3O4. The first-order chi connectivity index (χ1) is 12.6. The molecule has 1 fully saturated rings. The van der Waals surface area contributed by atoms with Crippen molar-refractivity contribution in [2.24, 2.45) is 0 Å². The summed E-state index contributed by atoms with van der Waals surface area (Å²) < 4.78 is 0. The van der Waals surface area contributed by atoms with Gasteiger partial charge in [0.25, 0.3) is 11.6 Å². The van der Waals surface area contributed by atoms with Crippen LogP contribution < -0.4 is 5.32 Å². The minimum atomic E-state index is -0.559. The lowest BCUT2D eigenvalue weighted by Gasteiger charge is -2.25. The third-order valence-corrected chi connectivity index (χ3v) is 4.48. The number of non-ortho nitro benzene ring substituents is 1. The second-order valence-corrected chi connectivity index (χ2v) is 6.15. The summed E-state index contributed by atoms with van der Waals surface area (Å²) in [6, 6.07) is 15.3. The minimum Gasteiger partial charge on any atom is -0.343 e. The molecule has 0 aromatic heterocycles. The highest BCUT2D eigenvalue weighted by molar-refractivity contribution is 5.97. The van der Waals surface area contributed by atoms with Gasteiger partial charge < -0.3 is 10.2 Å². The van der Waals surface area contributed by atoms with Gasteiger partial charge in [-0.05, 0) is 24.5 Å². The zero-order chi connectivity index (χ0) is 18.5. The Labute approximate surface area is 150 Å². The van der Waals surface area contributed by atoms with Crippen LogP contribution in [0.1, 0.15) is 34.8 Å². The van der Waals surface area contributed by atoms with Crippen LogP contribution in [0.15, 0.2) is 54.6 Å². The number of benzene rings is 2. The molecule has 0 radical (unpaired) electrons. The van der Waals surface area contributed by atoms with E-state index < -0.39 is 10.8 Å². The van der Waals surface area contributed by atoms with E-state index in [4.69, 9.17) is 0 Å². The number of nitro benzene ring substituents is 1. The molecule has 1 atom stereocenters. The molecule has 26 heavy (non-hydrogen) atoms. The number of amides is 2. The lowest BCUT2D eigenvalue weighted by Crippen LogP contribution is -2.39. The van der Waals surface area contributed by atoms with Crippen molar-refractivity contribution in [3.05, 3.63) is 75.8 Å². The van der Waals surface area contributed by atoms with Crippen LogP contribution in [0.3, 0.4) is 0 Å². The molecule has 3 rings (SSSR count). The number of carbonyl (C=O) groups is 2. The monoisotopic (exact) mass is 353 g/mol. The largest absolute Gasteiger partial charge is 0.343 e. The van der Waals surface area contributed by atoms with E-state index in [0.29, 0.717) is 6.54 Å². The molecule has 7 nitrogen and oxygen atoms in total. The summed E-state index contributed by atoms with van der Waals surface area (Å²) in [7, 11) is 0. The van der Waals surface area contributed by atoms with E-state index in [1.807, 2.05) is 30.3 Å². The van der Waals surface area contributed by atoms with Crippen LogP contribution >= 0.6 is 0 Å². The molecule has 7 heteroatoms. The number of nitrogens with zero attached hydrogens (tertiary/aromatic N) is 2. The lowest BCUT2D eigenvalue weighted by atomic mass is 10.0. The second kappa shape index (κ2) is 7.77. The van der Waals surface area contributed by atoms with E-state index in [1.54, 1.807) is 4.90 Å². The molecule has 134 valence electrons. The molecule has 1 saturated heterocycles. The number of nitro groups is 1. The molecule has 2 aromatic rings. The third-order valence-electron chi connectivity index (χ3n) is 4.48. The van der Waals surface area contributed by atoms with Gasteiger partial charge in [-0.15, -0.1) is 0 Å². The number of hydrogen-bond donors (Lipinski definition) is 1. The van der Waals surface area contributed by atoms with Crippen molar-refractivity contribution in [2.45, 2.75) is 18.9 Å². The standard InChI is InChI=1S/C19H19N3O4/c23-18(21-11-5-10-17(21)14-6-2-1-3-7-14)13-20-19(24)15-8-4-9-16(12-15)22(25)26/h1-4,6-9,12,17H,5,10-11,13H2,(H,20,24). The summed E-state index contributed by atoms with van der Waals surface area (Å²) in [6.07, 6.45) is 1.82. The Balaban J connectivity index is 1.62. The maximum Gasteiger partial charge on any atom is 0.270 e. The van der Waals surface area contributed by atoms with Gasteiger partial charge in [-0.25, -0.2) is 0 Å². The summed E-state index contributed by atoms with van der Waals surface area (Å²) in [5.41, 5.74) is 1.09. The molecule has 1 N–H and O–H groups in total. The van der Waals surface area contributed by atoms with Gasteiger partial charge in [0.05, 0.1) is 17.5 Å². The van der Waals surface area contributed by atoms with E-state index in [1.165, 1.54) is 24.3 Å². The molecule has 1 unspecified atom stereocenters. The first-order valence-electron chi connectivity index (χ1n) is 8.43. The highest BCUT2D eigenvalue weighted by Crippen LogP contribution is 2.31. The second-order valence-electron chi connectivity index (χ2n) is 6.15. The highest BCUT2D eigenvalue weighted by atomic mass is 16.6. The van der Waals surface area contributed by atoms with Crippen molar-refractivity contribution in [3.8, 4) is 0 Å². The average Bonchev–Trinajstić information content (AvgIpc) is 3.16. The van der Waals surface area contributed by atoms with Gasteiger partial charge in [0.2, 0.25) is 5.91 Å². The molecule has 0 saturated carbocycles. The predicted octanol–water partition coefficient (Wildman–Crippen LogP) is 2.69. The molecule has 0 bridgehead atoms. The van der Waals surface area contributed by atoms with Crippen molar-refractivity contribution in [3.63, 3.8) is 0 Å². The molecular weight excluding hydrogens is 334 g/mol. The first-order valence-corrected chi connectivity index (χ1v) is 8.43. The van der Waals surface area contributed by atoms with Gasteiger partial charge in [-0.3, -0.25) is 19.7 Å². The van der Waals surface area contributed by atoms with Gasteiger partial charge in [0, 0.05) is 24.2 Å². The summed E-state index contributed by atoms with van der Waals surface area (Å²) in [5.74, 6) is -0.660. The normalized spacial score (nSPS) is 16.3. The zero-order valence-corrected chi connectivity index (χ0v) is 14.1. The van der Waals surface area contributed by atoms with E-state index in [2.05, 4.69) is 5.32 Å². The van der Waals surface area contributed by atoms with Crippen molar-refractivity contribution in [2.75, 3.05) is 13.1 Å². The molecule has 1 heterocycles. The summed E-state index contributed by atoms with van der Waals surface area (Å²) in [5, 5.41) is 13.4. The molecule has 1 aliphatic heterocycles. The maximum atomic E-state index is 12.5. The smallest absolute Gasteiger partial charge is 0.270 e. The molecule has 0 aliphatic carbocycles. The molecule has 1 aliphatic rings. The van der Waals surface area contributed by atoms with Crippen molar-refractivity contribution in [1.82, 2.24) is 10.2 Å². The van der Waals surface area contributed by atoms with Crippen LogP contribution in [0.2, 0.25) is 0 Å². The van der Waals surface area contributed by atoms with Crippen LogP contribution in [0.4, 0.5) is 5.69 Å². The van der Waals surface area contributed by atoms with E-state index in [0.717, 1.165) is 18.4 Å². The Kier molecular flexibility index (Phi) is 5.26. The van der Waals surface area contributed by atoms with Gasteiger partial charge in [-0.1, -0.05) is 36.4 Å². The van der Waals surface area contributed by atoms with Crippen LogP contribution in [0.25, 0.3) is 0 Å². The predicted molar refractivity (Wildman–Crippen MR) is 95.6 cm³/mol. The number of likely N-dealkylation sites (tertiary alicyclic amines) is 1. The van der Waals surface area contributed by atoms with Crippen molar-refractivity contribution >= 4 is 17.5 Å². The van der Waals surface area contributed by atoms with E-state index in [-0.39, 0.29) is 29.7 Å². The Bertz CT molecular complexity index is 823. The number of carbonyl (C=O) groups excluding carboxylic acids is 2. The summed E-state index contributed by atoms with van der Waals surface area (Å²) >= 11 is 0. The zero-order valence-electron chi connectivity index (χ0n) is 14.1. The lowest BCUT2D eigenvalue weighted by molar-refractivity contribution is -0.384. The quantitative estimate of drug-likeness (QED) is 0.661. The molecule has 2 amide bonds. The van der Waals surface area contributed by atoms with Crippen molar-refractivity contribution < 1.29 is 14.5 Å². The van der Waals surface area contributed by atoms with Crippen LogP contribution in [-0.4, -0.2) is 34.7 Å². The minimum absolute atomic E-state index is 0.0263. The average molecular weight is 353 g/mol. The molecule has 2 aromatic carbocycles. The Hall–Kier alpha value is -3.22. The van der Waals surface area contributed by atoms with Crippen molar-refractivity contribution in [1.29, 1.82) is 0 Å². The van der Waals surface area contributed by atoms with E-state index >= 15 is 0 Å². The number of rotatable bonds is 5. The van der Waals surface area contributed by atoms with Crippen LogP contribution in [0.5, 0.6) is 0 Å². The van der Waals surface area contributed by atoms with E-state index in [9.17, 15) is 19.7 Å². The van der Waals surface area contributed by atoms with Crippen LogP contribution in [-0.2, 0) is 4.79 Å². The first kappa shape index (κ1) is 17.6. The fraction of sp³-hybridized carbons (Fsp3) is 0.263. The third kappa shape index (κ3) is 3.88. The summed E-state index contributed by atoms with van der Waals surface area (Å²) in [6.45, 7) is 0.524. The molecule has 0 spiro atoms. The SMILES string of the molecule is O=C(NCC(=O)N1CCCC1c1ccccc1)c1cccc([N+](=O)[O-])c1. The topological polar surface area (TPSA) is 92.6 Å². The Morgan fingerprint density at radius 2 is 1.92 bits per heavy atom. The van der Waals surface area contributed by atoms with Crippen LogP contribution in [0, 0.1) is 10.1 Å². The fourth-order valence-electron chi connectivity index (χ4n) is 3.21. The summed E-state index contributed by atoms with van der Waals surface area (Å²) in [4.78, 5) is 36.8. The van der Waals surface area contributed by atoms with Gasteiger partial charge in [0.1, 0.15) is 0 Å². The maximum absolute atomic E-state index is 12.5. The Morgan fingerprint density at radius 3 is 2.65 bits per heavy atom. The number of nitrogens with one attached hydrogen (secondary N) is 1. The fourth-order valence-corrected chi connectivity index (χ4v) is 3.21. The number of hydrogen-bond acceptors (Lipinski definition) is 4. The van der Waals surface area contributed by atoms with Gasteiger partial charge in [-0.2, -0.15) is 0 Å².